The number of likely N-dealkylation sites (N-methyl/N-ethyl adjacent to an activating group) is 1. The minimum atomic E-state index is -0.167. The Kier molecular flexibility index (Phi) is 14.3. The van der Waals surface area contributed by atoms with E-state index in [0.717, 1.165) is 24.1 Å². The summed E-state index contributed by atoms with van der Waals surface area (Å²) in [6, 6.07) is 9.30. The maximum atomic E-state index is 13.8. The number of aromatic nitrogens is 1. The van der Waals surface area contributed by atoms with Crippen molar-refractivity contribution in [1.29, 1.82) is 0 Å². The lowest BCUT2D eigenvalue weighted by Gasteiger charge is -2.30. The lowest BCUT2D eigenvalue weighted by molar-refractivity contribution is 0.0647. The maximum absolute atomic E-state index is 13.8. The van der Waals surface area contributed by atoms with E-state index < -0.39 is 0 Å². The zero-order valence-electron chi connectivity index (χ0n) is 23.0. The molecule has 1 aromatic heterocycles. The zero-order chi connectivity index (χ0) is 27.1. The summed E-state index contributed by atoms with van der Waals surface area (Å²) in [4.78, 5) is 19.7. The van der Waals surface area contributed by atoms with Crippen molar-refractivity contribution in [2.45, 2.75) is 73.3 Å². The first kappa shape index (κ1) is 31.0. The molecule has 6 nitrogen and oxygen atoms in total. The predicted molar refractivity (Wildman–Crippen MR) is 152 cm³/mol. The van der Waals surface area contributed by atoms with Gasteiger partial charge in [-0.3, -0.25) is 9.80 Å². The van der Waals surface area contributed by atoms with Crippen LogP contribution < -0.4 is 9.75 Å². The quantitative estimate of drug-likeness (QED) is 0.194. The maximum Gasteiger partial charge on any atom is 0.256 e. The second-order valence-electron chi connectivity index (χ2n) is 8.09. The molecule has 0 radical (unpaired) electrons. The van der Waals surface area contributed by atoms with Crippen molar-refractivity contribution in [2.75, 3.05) is 25.2 Å². The van der Waals surface area contributed by atoms with Crippen molar-refractivity contribution in [3.8, 4) is 17.7 Å². The molecule has 2 atom stereocenters. The Morgan fingerprint density at radius 1 is 1.19 bits per heavy atom. The van der Waals surface area contributed by atoms with Crippen LogP contribution in [-0.2, 0) is 0 Å². The smallest absolute Gasteiger partial charge is 0.256 e. The first-order valence-electron chi connectivity index (χ1n) is 12.8. The topological polar surface area (TPSA) is 58.0 Å². The van der Waals surface area contributed by atoms with E-state index in [2.05, 4.69) is 41.8 Å². The summed E-state index contributed by atoms with van der Waals surface area (Å²) in [7, 11) is 1.83. The van der Waals surface area contributed by atoms with Crippen LogP contribution in [0.5, 0.6) is 5.88 Å². The molecule has 196 valence electrons. The standard InChI is InChI=1S/C27H35ClN4O2.C2H6/c1-7-10-11-16-30-31(6)25-14-12-22(20(4)8-2)17-24(25)27(33)32(9-3)21(5)19-34-26-15-13-23(28)18-29-26;1-2/h12-18,20-21H,7-9,19H2,1-6H3;1-2H3/b30-16-;. The van der Waals surface area contributed by atoms with Crippen molar-refractivity contribution in [3.05, 3.63) is 52.7 Å². The summed E-state index contributed by atoms with van der Waals surface area (Å²) in [5, 5.41) is 6.65. The van der Waals surface area contributed by atoms with E-state index in [9.17, 15) is 4.79 Å². The predicted octanol–water partition coefficient (Wildman–Crippen LogP) is 7.04. The van der Waals surface area contributed by atoms with E-state index >= 15 is 0 Å². The van der Waals surface area contributed by atoms with Gasteiger partial charge in [0.2, 0.25) is 5.88 Å². The van der Waals surface area contributed by atoms with E-state index in [1.165, 1.54) is 6.20 Å². The fourth-order valence-electron chi connectivity index (χ4n) is 3.43. The van der Waals surface area contributed by atoms with Crippen LogP contribution in [-0.4, -0.2) is 48.2 Å². The summed E-state index contributed by atoms with van der Waals surface area (Å²) >= 11 is 5.90. The average Bonchev–Trinajstić information content (AvgIpc) is 2.91. The average molecular weight is 513 g/mol. The highest BCUT2D eigenvalue weighted by Crippen LogP contribution is 2.28. The summed E-state index contributed by atoms with van der Waals surface area (Å²) in [5.74, 6) is 6.62. The highest BCUT2D eigenvalue weighted by Gasteiger charge is 2.25. The molecule has 36 heavy (non-hydrogen) atoms. The van der Waals surface area contributed by atoms with Gasteiger partial charge in [0.1, 0.15) is 6.61 Å². The van der Waals surface area contributed by atoms with Crippen LogP contribution in [0.1, 0.15) is 83.1 Å². The van der Waals surface area contributed by atoms with Gasteiger partial charge in [-0.1, -0.05) is 64.1 Å². The van der Waals surface area contributed by atoms with Crippen molar-refractivity contribution in [1.82, 2.24) is 9.88 Å². The van der Waals surface area contributed by atoms with Gasteiger partial charge >= 0.3 is 0 Å². The number of benzene rings is 1. The van der Waals surface area contributed by atoms with Crippen LogP contribution in [0.25, 0.3) is 0 Å². The van der Waals surface area contributed by atoms with Gasteiger partial charge in [-0.05, 0) is 49.9 Å². The molecular weight excluding hydrogens is 472 g/mol. The fourth-order valence-corrected chi connectivity index (χ4v) is 3.54. The van der Waals surface area contributed by atoms with Crippen LogP contribution in [0.2, 0.25) is 5.02 Å². The number of pyridine rings is 1. The van der Waals surface area contributed by atoms with E-state index in [1.54, 1.807) is 23.4 Å². The second kappa shape index (κ2) is 16.6. The van der Waals surface area contributed by atoms with Gasteiger partial charge in [0.05, 0.1) is 28.5 Å². The lowest BCUT2D eigenvalue weighted by atomic mass is 9.95. The van der Waals surface area contributed by atoms with Gasteiger partial charge in [0.25, 0.3) is 5.91 Å². The molecule has 0 aliphatic rings. The van der Waals surface area contributed by atoms with Crippen molar-refractivity contribution < 1.29 is 9.53 Å². The lowest BCUT2D eigenvalue weighted by Crippen LogP contribution is -2.42. The zero-order valence-corrected chi connectivity index (χ0v) is 23.8. The number of nitrogens with zero attached hydrogens (tertiary/aromatic N) is 4. The first-order valence-corrected chi connectivity index (χ1v) is 13.1. The van der Waals surface area contributed by atoms with E-state index in [1.807, 2.05) is 58.7 Å². The number of amides is 1. The minimum Gasteiger partial charge on any atom is -0.475 e. The van der Waals surface area contributed by atoms with Gasteiger partial charge in [-0.15, -0.1) is 0 Å². The number of anilines is 1. The van der Waals surface area contributed by atoms with Gasteiger partial charge in [-0.2, -0.15) is 5.10 Å². The molecule has 0 spiro atoms. The number of carbonyl (C=O) groups excluding carboxylic acids is 1. The number of hydrazone groups is 1. The third kappa shape index (κ3) is 9.20. The van der Waals surface area contributed by atoms with Gasteiger partial charge in [-0.25, -0.2) is 4.98 Å². The van der Waals surface area contributed by atoms with Crippen LogP contribution in [0.4, 0.5) is 5.69 Å². The minimum absolute atomic E-state index is 0.0653. The molecule has 1 aromatic carbocycles. The van der Waals surface area contributed by atoms with Crippen molar-refractivity contribution in [2.24, 2.45) is 5.10 Å². The summed E-state index contributed by atoms with van der Waals surface area (Å²) in [5.41, 5.74) is 2.47. The van der Waals surface area contributed by atoms with Crippen LogP contribution in [0, 0.1) is 11.8 Å². The summed E-state index contributed by atoms with van der Waals surface area (Å²) in [6.07, 6.45) is 4.86. The number of hydrogen-bond donors (Lipinski definition) is 0. The molecule has 2 unspecified atom stereocenters. The molecule has 1 heterocycles. The molecule has 2 aromatic rings. The second-order valence-corrected chi connectivity index (χ2v) is 8.53. The molecule has 7 heteroatoms. The van der Waals surface area contributed by atoms with Gasteiger partial charge in [0.15, 0.2) is 0 Å². The molecule has 0 aliphatic heterocycles. The molecular formula is C29H41ClN4O2. The monoisotopic (exact) mass is 512 g/mol. The summed E-state index contributed by atoms with van der Waals surface area (Å²) < 4.78 is 5.81. The SMILES string of the molecule is CC.CCC#C/C=N\N(C)c1ccc(C(C)CC)cc1C(=O)N(CC)C(C)COc1ccc(Cl)cn1. The van der Waals surface area contributed by atoms with E-state index in [4.69, 9.17) is 16.3 Å². The Balaban J connectivity index is 0.00000316. The first-order chi connectivity index (χ1) is 17.3. The Morgan fingerprint density at radius 2 is 1.92 bits per heavy atom. The number of hydrogen-bond acceptors (Lipinski definition) is 5. The number of carbonyl (C=O) groups is 1. The summed E-state index contributed by atoms with van der Waals surface area (Å²) in [6.45, 7) is 15.1. The highest BCUT2D eigenvalue weighted by atomic mass is 35.5. The Hall–Kier alpha value is -3.04. The largest absolute Gasteiger partial charge is 0.475 e. The van der Waals surface area contributed by atoms with Crippen molar-refractivity contribution in [3.63, 3.8) is 0 Å². The number of halogens is 1. The van der Waals surface area contributed by atoms with Crippen LogP contribution >= 0.6 is 11.6 Å². The molecule has 2 rings (SSSR count). The Bertz CT molecular complexity index is 1030. The van der Waals surface area contributed by atoms with Crippen molar-refractivity contribution >= 4 is 29.4 Å². The number of ether oxygens (including phenoxy) is 1. The molecule has 0 N–H and O–H groups in total. The Morgan fingerprint density at radius 3 is 2.50 bits per heavy atom. The fraction of sp³-hybridized carbons (Fsp3) is 0.483. The third-order valence-corrected chi connectivity index (χ3v) is 5.89. The Labute approximate surface area is 222 Å². The normalized spacial score (nSPS) is 12.0. The highest BCUT2D eigenvalue weighted by molar-refractivity contribution is 6.30. The molecule has 1 amide bonds. The molecule has 0 aliphatic carbocycles. The van der Waals surface area contributed by atoms with Gasteiger partial charge < -0.3 is 9.64 Å². The van der Waals surface area contributed by atoms with Crippen LogP contribution in [0.15, 0.2) is 41.6 Å². The third-order valence-electron chi connectivity index (χ3n) is 5.66. The van der Waals surface area contributed by atoms with E-state index in [0.29, 0.717) is 35.5 Å². The van der Waals surface area contributed by atoms with E-state index in [-0.39, 0.29) is 11.9 Å². The molecule has 0 saturated carbocycles. The molecule has 0 saturated heterocycles. The van der Waals surface area contributed by atoms with Gasteiger partial charge in [0, 0.05) is 32.3 Å². The van der Waals surface area contributed by atoms with Crippen LogP contribution in [0.3, 0.4) is 0 Å². The molecule has 0 bridgehead atoms. The number of rotatable bonds is 10. The molecule has 0 fully saturated rings.